The van der Waals surface area contributed by atoms with Crippen LogP contribution in [0.2, 0.25) is 0 Å². The molecule has 126 valence electrons. The van der Waals surface area contributed by atoms with Crippen LogP contribution in [0.15, 0.2) is 48.5 Å². The fraction of sp³-hybridized carbons (Fsp3) is 0.350. The largest absolute Gasteiger partial charge is 0.327 e. The maximum atomic E-state index is 13.0. The Morgan fingerprint density at radius 1 is 1.08 bits per heavy atom. The highest BCUT2D eigenvalue weighted by Gasteiger charge is 2.17. The Hall–Kier alpha value is -2.20. The molecule has 0 spiro atoms. The molecule has 0 unspecified atom stereocenters. The van der Waals surface area contributed by atoms with Crippen molar-refractivity contribution in [3.05, 3.63) is 65.7 Å². The van der Waals surface area contributed by atoms with Crippen molar-refractivity contribution in [3.63, 3.8) is 0 Å². The number of fused-ring (bicyclic) bond motifs is 1. The van der Waals surface area contributed by atoms with Crippen LogP contribution < -0.4 is 5.32 Å². The monoisotopic (exact) mass is 325 g/mol. The van der Waals surface area contributed by atoms with E-state index in [1.165, 1.54) is 17.6 Å². The average Bonchev–Trinajstić information content (AvgIpc) is 2.95. The Morgan fingerprint density at radius 3 is 2.50 bits per heavy atom. The Labute approximate surface area is 142 Å². The van der Waals surface area contributed by atoms with Crippen molar-refractivity contribution in [2.75, 3.05) is 0 Å². The number of hydrogen-bond acceptors (Lipinski definition) is 2. The van der Waals surface area contributed by atoms with Gasteiger partial charge in [0.25, 0.3) is 0 Å². The van der Waals surface area contributed by atoms with Crippen LogP contribution in [0.25, 0.3) is 11.0 Å². The summed E-state index contributed by atoms with van der Waals surface area (Å²) in [6.45, 7) is 7.34. The van der Waals surface area contributed by atoms with Gasteiger partial charge in [-0.25, -0.2) is 9.37 Å². The molecule has 3 nitrogen and oxygen atoms in total. The first-order chi connectivity index (χ1) is 11.6. The maximum Gasteiger partial charge on any atom is 0.126 e. The number of rotatable bonds is 6. The second kappa shape index (κ2) is 7.14. The molecule has 0 amide bonds. The van der Waals surface area contributed by atoms with Crippen LogP contribution in [0.3, 0.4) is 0 Å². The fourth-order valence-corrected chi connectivity index (χ4v) is 3.29. The number of aromatic nitrogens is 2. The molecule has 3 aromatic rings. The van der Waals surface area contributed by atoms with E-state index in [9.17, 15) is 4.39 Å². The first-order valence-electron chi connectivity index (χ1n) is 8.54. The van der Waals surface area contributed by atoms with E-state index < -0.39 is 0 Å². The SMILES string of the molecule is CCn1c([C@@H](C)N[C@@H](C)Cc2ccc(F)cc2)nc2ccccc21. The number of benzene rings is 2. The number of nitrogens with one attached hydrogen (secondary N) is 1. The molecule has 0 aliphatic heterocycles. The highest BCUT2D eigenvalue weighted by Crippen LogP contribution is 2.21. The van der Waals surface area contributed by atoms with Crippen LogP contribution >= 0.6 is 0 Å². The van der Waals surface area contributed by atoms with Gasteiger partial charge in [-0.3, -0.25) is 0 Å². The topological polar surface area (TPSA) is 29.9 Å². The third kappa shape index (κ3) is 3.49. The van der Waals surface area contributed by atoms with Crippen molar-refractivity contribution in [1.29, 1.82) is 0 Å². The molecule has 0 radical (unpaired) electrons. The Balaban J connectivity index is 1.74. The van der Waals surface area contributed by atoms with Crippen molar-refractivity contribution in [1.82, 2.24) is 14.9 Å². The lowest BCUT2D eigenvalue weighted by Crippen LogP contribution is -2.32. The van der Waals surface area contributed by atoms with E-state index in [1.807, 2.05) is 18.2 Å². The van der Waals surface area contributed by atoms with E-state index in [4.69, 9.17) is 4.98 Å². The van der Waals surface area contributed by atoms with Gasteiger partial charge in [0.2, 0.25) is 0 Å². The van der Waals surface area contributed by atoms with Gasteiger partial charge >= 0.3 is 0 Å². The standard InChI is InChI=1S/C20H24FN3/c1-4-24-19-8-6-5-7-18(19)23-20(24)15(3)22-14(2)13-16-9-11-17(21)12-10-16/h5-12,14-15,22H,4,13H2,1-3H3/t14-,15+/m0/s1. The molecule has 0 bridgehead atoms. The molecule has 2 atom stereocenters. The highest BCUT2D eigenvalue weighted by atomic mass is 19.1. The lowest BCUT2D eigenvalue weighted by Gasteiger charge is -2.20. The van der Waals surface area contributed by atoms with Crippen LogP contribution in [0.5, 0.6) is 0 Å². The first kappa shape index (κ1) is 16.7. The van der Waals surface area contributed by atoms with Crippen molar-refractivity contribution in [3.8, 4) is 0 Å². The second-order valence-electron chi connectivity index (χ2n) is 6.32. The van der Waals surface area contributed by atoms with Gasteiger partial charge in [-0.15, -0.1) is 0 Å². The van der Waals surface area contributed by atoms with Crippen molar-refractivity contribution in [2.45, 2.75) is 45.8 Å². The molecular formula is C20H24FN3. The fourth-order valence-electron chi connectivity index (χ4n) is 3.29. The number of nitrogens with zero attached hydrogens (tertiary/aromatic N) is 2. The van der Waals surface area contributed by atoms with Crippen LogP contribution in [0.4, 0.5) is 4.39 Å². The Morgan fingerprint density at radius 2 is 1.79 bits per heavy atom. The number of imidazole rings is 1. The smallest absolute Gasteiger partial charge is 0.126 e. The Bertz CT molecular complexity index is 807. The minimum Gasteiger partial charge on any atom is -0.327 e. The third-order valence-electron chi connectivity index (χ3n) is 4.38. The molecule has 0 saturated carbocycles. The molecule has 2 aromatic carbocycles. The molecule has 0 fully saturated rings. The molecule has 1 N–H and O–H groups in total. The molecule has 3 rings (SSSR count). The summed E-state index contributed by atoms with van der Waals surface area (Å²) in [5.74, 6) is 0.869. The Kier molecular flexibility index (Phi) is 4.95. The van der Waals surface area contributed by atoms with E-state index in [-0.39, 0.29) is 17.9 Å². The minimum atomic E-state index is -0.190. The van der Waals surface area contributed by atoms with E-state index >= 15 is 0 Å². The van der Waals surface area contributed by atoms with Gasteiger partial charge in [-0.05, 0) is 57.0 Å². The van der Waals surface area contributed by atoms with Gasteiger partial charge < -0.3 is 9.88 Å². The summed E-state index contributed by atoms with van der Waals surface area (Å²) < 4.78 is 15.3. The minimum absolute atomic E-state index is 0.146. The van der Waals surface area contributed by atoms with Crippen LogP contribution in [-0.2, 0) is 13.0 Å². The van der Waals surface area contributed by atoms with Crippen molar-refractivity contribution >= 4 is 11.0 Å². The molecule has 1 heterocycles. The van der Waals surface area contributed by atoms with E-state index in [1.54, 1.807) is 0 Å². The van der Waals surface area contributed by atoms with E-state index in [0.29, 0.717) is 0 Å². The summed E-state index contributed by atoms with van der Waals surface area (Å²) in [4.78, 5) is 4.81. The lowest BCUT2D eigenvalue weighted by atomic mass is 10.1. The maximum absolute atomic E-state index is 13.0. The highest BCUT2D eigenvalue weighted by molar-refractivity contribution is 5.76. The predicted molar refractivity (Wildman–Crippen MR) is 96.5 cm³/mol. The predicted octanol–water partition coefficient (Wildman–Crippen LogP) is 4.48. The van der Waals surface area contributed by atoms with Gasteiger partial charge in [0, 0.05) is 12.6 Å². The third-order valence-corrected chi connectivity index (χ3v) is 4.38. The number of hydrogen-bond donors (Lipinski definition) is 1. The number of para-hydroxylation sites is 2. The van der Waals surface area contributed by atoms with E-state index in [0.717, 1.165) is 29.9 Å². The summed E-state index contributed by atoms with van der Waals surface area (Å²) in [5.41, 5.74) is 3.34. The molecule has 0 aliphatic rings. The molecule has 4 heteroatoms. The molecule has 1 aromatic heterocycles. The molecule has 0 aliphatic carbocycles. The quantitative estimate of drug-likeness (QED) is 0.724. The second-order valence-corrected chi connectivity index (χ2v) is 6.32. The zero-order chi connectivity index (χ0) is 17.1. The number of halogens is 1. The lowest BCUT2D eigenvalue weighted by molar-refractivity contribution is 0.450. The number of aryl methyl sites for hydroxylation is 1. The van der Waals surface area contributed by atoms with Gasteiger partial charge in [-0.2, -0.15) is 0 Å². The zero-order valence-corrected chi connectivity index (χ0v) is 14.5. The summed E-state index contributed by atoms with van der Waals surface area (Å²) in [6, 6.07) is 15.4. The van der Waals surface area contributed by atoms with Gasteiger partial charge in [0.1, 0.15) is 11.6 Å². The van der Waals surface area contributed by atoms with Crippen LogP contribution in [0.1, 0.15) is 38.2 Å². The molecule has 0 saturated heterocycles. The average molecular weight is 325 g/mol. The van der Waals surface area contributed by atoms with Gasteiger partial charge in [0.05, 0.1) is 17.1 Å². The van der Waals surface area contributed by atoms with Crippen molar-refractivity contribution < 1.29 is 4.39 Å². The summed E-state index contributed by atoms with van der Waals surface area (Å²) >= 11 is 0. The summed E-state index contributed by atoms with van der Waals surface area (Å²) in [6.07, 6.45) is 0.858. The van der Waals surface area contributed by atoms with Crippen LogP contribution in [0, 0.1) is 5.82 Å². The molecular weight excluding hydrogens is 301 g/mol. The first-order valence-corrected chi connectivity index (χ1v) is 8.54. The van der Waals surface area contributed by atoms with Gasteiger partial charge in [0.15, 0.2) is 0 Å². The summed E-state index contributed by atoms with van der Waals surface area (Å²) in [5, 5.41) is 3.62. The zero-order valence-electron chi connectivity index (χ0n) is 14.5. The van der Waals surface area contributed by atoms with E-state index in [2.05, 4.69) is 48.9 Å². The van der Waals surface area contributed by atoms with Crippen LogP contribution in [-0.4, -0.2) is 15.6 Å². The molecule has 24 heavy (non-hydrogen) atoms. The normalized spacial score (nSPS) is 14.0. The van der Waals surface area contributed by atoms with Gasteiger partial charge in [-0.1, -0.05) is 24.3 Å². The van der Waals surface area contributed by atoms with Crippen molar-refractivity contribution in [2.24, 2.45) is 0 Å². The summed E-state index contributed by atoms with van der Waals surface area (Å²) in [7, 11) is 0.